The average Bonchev–Trinajstić information content (AvgIpc) is 2.47. The van der Waals surface area contributed by atoms with Gasteiger partial charge in [-0.25, -0.2) is 0 Å². The summed E-state index contributed by atoms with van der Waals surface area (Å²) in [5.41, 5.74) is 11.6. The molecule has 6 N–H and O–H groups in total. The number of nitrogens with two attached hydrogens (primary N) is 2. The predicted octanol–water partition coefficient (Wildman–Crippen LogP) is 1.09. The van der Waals surface area contributed by atoms with E-state index in [2.05, 4.69) is 0 Å². The van der Waals surface area contributed by atoms with Gasteiger partial charge >= 0.3 is 11.9 Å². The Morgan fingerprint density at radius 3 is 1.95 bits per heavy atom. The minimum atomic E-state index is -0.959. The van der Waals surface area contributed by atoms with Crippen LogP contribution >= 0.6 is 0 Å². The fourth-order valence-electron chi connectivity index (χ4n) is 1.45. The maximum atomic E-state index is 10.4. The molecule has 3 atom stereocenters. The molecule has 0 spiro atoms. The molecule has 0 saturated heterocycles. The highest BCUT2D eigenvalue weighted by atomic mass is 16.4. The standard InChI is InChI=1S/C9H11NO2.C6H13NO2/c10-8(9(11)12)6-7-4-2-1-3-5-7;1-3-4(2)5(7)6(8)9/h1-5,8H,6,10H2,(H,11,12);4-5H,3,7H2,1-2H3,(H,8,9)/t8-;4-,5-/m10/s1. The zero-order valence-corrected chi connectivity index (χ0v) is 12.4. The van der Waals surface area contributed by atoms with Crippen LogP contribution in [0.3, 0.4) is 0 Å². The molecular weight excluding hydrogens is 272 g/mol. The number of hydrogen-bond acceptors (Lipinski definition) is 4. The zero-order chi connectivity index (χ0) is 16.4. The van der Waals surface area contributed by atoms with Crippen molar-refractivity contribution in [3.8, 4) is 0 Å². The highest BCUT2D eigenvalue weighted by Gasteiger charge is 2.17. The predicted molar refractivity (Wildman–Crippen MR) is 80.8 cm³/mol. The lowest BCUT2D eigenvalue weighted by atomic mass is 10.0. The molecule has 0 aliphatic heterocycles. The molecule has 0 radical (unpaired) electrons. The third-order valence-corrected chi connectivity index (χ3v) is 3.16. The van der Waals surface area contributed by atoms with Crippen LogP contribution in [0.4, 0.5) is 0 Å². The first-order chi connectivity index (χ1) is 9.79. The Bertz CT molecular complexity index is 437. The normalized spacial score (nSPS) is 14.3. The summed E-state index contributed by atoms with van der Waals surface area (Å²) in [6.45, 7) is 3.76. The number of rotatable bonds is 6. The van der Waals surface area contributed by atoms with Crippen molar-refractivity contribution in [1.29, 1.82) is 0 Å². The molecule has 0 aromatic heterocycles. The number of carboxylic acids is 2. The fraction of sp³-hybridized carbons (Fsp3) is 0.467. The van der Waals surface area contributed by atoms with Gasteiger partial charge in [0.2, 0.25) is 0 Å². The van der Waals surface area contributed by atoms with E-state index in [1.54, 1.807) is 0 Å². The van der Waals surface area contributed by atoms with Gasteiger partial charge in [0.25, 0.3) is 0 Å². The summed E-state index contributed by atoms with van der Waals surface area (Å²) in [5, 5.41) is 16.9. The van der Waals surface area contributed by atoms with Crippen molar-refractivity contribution < 1.29 is 19.8 Å². The van der Waals surface area contributed by atoms with E-state index in [-0.39, 0.29) is 5.92 Å². The van der Waals surface area contributed by atoms with E-state index in [1.807, 2.05) is 44.2 Å². The Morgan fingerprint density at radius 1 is 1.10 bits per heavy atom. The molecule has 1 aromatic carbocycles. The van der Waals surface area contributed by atoms with Crippen molar-refractivity contribution in [2.75, 3.05) is 0 Å². The van der Waals surface area contributed by atoms with E-state index < -0.39 is 24.0 Å². The zero-order valence-electron chi connectivity index (χ0n) is 12.4. The minimum absolute atomic E-state index is 0.0718. The number of hydrogen-bond donors (Lipinski definition) is 4. The lowest BCUT2D eigenvalue weighted by molar-refractivity contribution is -0.140. The summed E-state index contributed by atoms with van der Waals surface area (Å²) >= 11 is 0. The highest BCUT2D eigenvalue weighted by Crippen LogP contribution is 2.04. The van der Waals surface area contributed by atoms with Crippen LogP contribution in [0.2, 0.25) is 0 Å². The molecule has 6 heteroatoms. The average molecular weight is 296 g/mol. The molecule has 0 saturated carbocycles. The molecule has 1 aromatic rings. The van der Waals surface area contributed by atoms with Crippen molar-refractivity contribution in [2.45, 2.75) is 38.8 Å². The van der Waals surface area contributed by atoms with E-state index in [9.17, 15) is 9.59 Å². The first kappa shape index (κ1) is 19.1. The fourth-order valence-corrected chi connectivity index (χ4v) is 1.45. The summed E-state index contributed by atoms with van der Waals surface area (Å²) in [4.78, 5) is 20.6. The molecule has 0 aliphatic carbocycles. The van der Waals surface area contributed by atoms with E-state index in [0.29, 0.717) is 6.42 Å². The number of aliphatic carboxylic acids is 2. The molecular formula is C15H24N2O4. The summed E-state index contributed by atoms with van der Waals surface area (Å²) in [6, 6.07) is 7.84. The van der Waals surface area contributed by atoms with Crippen molar-refractivity contribution in [3.63, 3.8) is 0 Å². The number of carboxylic acid groups (broad SMARTS) is 2. The van der Waals surface area contributed by atoms with Crippen molar-refractivity contribution in [2.24, 2.45) is 17.4 Å². The van der Waals surface area contributed by atoms with Gasteiger partial charge in [-0.15, -0.1) is 0 Å². The third kappa shape index (κ3) is 8.06. The second-order valence-electron chi connectivity index (χ2n) is 4.88. The summed E-state index contributed by atoms with van der Waals surface area (Å²) < 4.78 is 0. The van der Waals surface area contributed by atoms with Crippen LogP contribution in [0, 0.1) is 5.92 Å². The second-order valence-corrected chi connectivity index (χ2v) is 4.88. The molecule has 118 valence electrons. The number of benzene rings is 1. The van der Waals surface area contributed by atoms with Gasteiger partial charge in [-0.2, -0.15) is 0 Å². The largest absolute Gasteiger partial charge is 0.480 e. The molecule has 0 aliphatic rings. The Labute approximate surface area is 124 Å². The van der Waals surface area contributed by atoms with Crippen LogP contribution in [0.1, 0.15) is 25.8 Å². The van der Waals surface area contributed by atoms with Crippen LogP contribution < -0.4 is 11.5 Å². The Kier molecular flexibility index (Phi) is 9.00. The third-order valence-electron chi connectivity index (χ3n) is 3.16. The lowest BCUT2D eigenvalue weighted by Crippen LogP contribution is -2.36. The molecule has 6 nitrogen and oxygen atoms in total. The maximum Gasteiger partial charge on any atom is 0.320 e. The molecule has 0 bridgehead atoms. The van der Waals surface area contributed by atoms with Gasteiger partial charge in [0.1, 0.15) is 12.1 Å². The molecule has 0 heterocycles. The molecule has 0 unspecified atom stereocenters. The van der Waals surface area contributed by atoms with Gasteiger partial charge in [-0.1, -0.05) is 50.6 Å². The summed E-state index contributed by atoms with van der Waals surface area (Å²) in [5.74, 6) is -1.80. The molecule has 0 fully saturated rings. The van der Waals surface area contributed by atoms with E-state index in [1.165, 1.54) is 0 Å². The maximum absolute atomic E-state index is 10.4. The van der Waals surface area contributed by atoms with E-state index >= 15 is 0 Å². The smallest absolute Gasteiger partial charge is 0.320 e. The number of carbonyl (C=O) groups is 2. The Morgan fingerprint density at radius 2 is 1.62 bits per heavy atom. The van der Waals surface area contributed by atoms with Gasteiger partial charge in [-0.05, 0) is 17.9 Å². The van der Waals surface area contributed by atoms with Crippen LogP contribution in [-0.4, -0.2) is 34.2 Å². The van der Waals surface area contributed by atoms with Crippen LogP contribution in [0.5, 0.6) is 0 Å². The van der Waals surface area contributed by atoms with Gasteiger partial charge in [0, 0.05) is 0 Å². The SMILES string of the molecule is CC[C@H](C)[C@H](N)C(=O)O.N[C@H](Cc1ccccc1)C(=O)O. The molecule has 21 heavy (non-hydrogen) atoms. The Hall–Kier alpha value is -1.92. The second kappa shape index (κ2) is 9.90. The van der Waals surface area contributed by atoms with Crippen molar-refractivity contribution in [1.82, 2.24) is 0 Å². The van der Waals surface area contributed by atoms with Gasteiger partial charge < -0.3 is 21.7 Å². The monoisotopic (exact) mass is 296 g/mol. The van der Waals surface area contributed by atoms with Crippen LogP contribution in [-0.2, 0) is 16.0 Å². The lowest BCUT2D eigenvalue weighted by Gasteiger charge is -2.11. The van der Waals surface area contributed by atoms with E-state index in [4.69, 9.17) is 21.7 Å². The van der Waals surface area contributed by atoms with Gasteiger partial charge in [0.15, 0.2) is 0 Å². The van der Waals surface area contributed by atoms with Crippen molar-refractivity contribution in [3.05, 3.63) is 35.9 Å². The topological polar surface area (TPSA) is 127 Å². The molecule has 1 rings (SSSR count). The first-order valence-electron chi connectivity index (χ1n) is 6.80. The molecule has 0 amide bonds. The summed E-state index contributed by atoms with van der Waals surface area (Å²) in [6.07, 6.45) is 1.20. The highest BCUT2D eigenvalue weighted by molar-refractivity contribution is 5.73. The van der Waals surface area contributed by atoms with Crippen LogP contribution in [0.15, 0.2) is 30.3 Å². The summed E-state index contributed by atoms with van der Waals surface area (Å²) in [7, 11) is 0. The Balaban J connectivity index is 0.000000400. The quantitative estimate of drug-likeness (QED) is 0.622. The van der Waals surface area contributed by atoms with Crippen LogP contribution in [0.25, 0.3) is 0 Å². The minimum Gasteiger partial charge on any atom is -0.480 e. The van der Waals surface area contributed by atoms with Gasteiger partial charge in [0.05, 0.1) is 0 Å². The first-order valence-corrected chi connectivity index (χ1v) is 6.80. The van der Waals surface area contributed by atoms with Gasteiger partial charge in [-0.3, -0.25) is 9.59 Å². The van der Waals surface area contributed by atoms with Crippen molar-refractivity contribution >= 4 is 11.9 Å². The van der Waals surface area contributed by atoms with E-state index in [0.717, 1.165) is 12.0 Å².